The fraction of sp³-hybridized carbons (Fsp3) is 0.688. The molecule has 0 N–H and O–H groups in total. The summed E-state index contributed by atoms with van der Waals surface area (Å²) in [4.78, 5) is 32.5. The van der Waals surface area contributed by atoms with Crippen LogP contribution < -0.4 is 0 Å². The number of likely N-dealkylation sites (tertiary alicyclic amines) is 1. The van der Waals surface area contributed by atoms with Gasteiger partial charge < -0.3 is 14.5 Å². The predicted molar refractivity (Wildman–Crippen MR) is 87.4 cm³/mol. The van der Waals surface area contributed by atoms with E-state index in [1.807, 2.05) is 9.80 Å². The van der Waals surface area contributed by atoms with Crippen LogP contribution in [-0.2, 0) is 9.53 Å². The van der Waals surface area contributed by atoms with E-state index in [1.54, 1.807) is 10.9 Å². The first-order valence-electron chi connectivity index (χ1n) is 8.30. The van der Waals surface area contributed by atoms with E-state index in [1.165, 1.54) is 11.3 Å². The molecule has 6 nitrogen and oxygen atoms in total. The minimum absolute atomic E-state index is 0.00546. The van der Waals surface area contributed by atoms with Gasteiger partial charge in [0.25, 0.3) is 5.91 Å². The number of amides is 2. The lowest BCUT2D eigenvalue weighted by Gasteiger charge is -2.34. The SMILES string of the molecule is O=C1CCCN1CCCN(C(=O)c1cscn1)C1CCOCC1. The molecular weight excluding hydrogens is 314 g/mol. The van der Waals surface area contributed by atoms with Crippen molar-refractivity contribution in [3.05, 3.63) is 16.6 Å². The van der Waals surface area contributed by atoms with Crippen molar-refractivity contribution in [3.8, 4) is 0 Å². The van der Waals surface area contributed by atoms with Crippen LogP contribution in [0.4, 0.5) is 0 Å². The summed E-state index contributed by atoms with van der Waals surface area (Å²) < 4.78 is 5.42. The zero-order valence-corrected chi connectivity index (χ0v) is 14.1. The molecule has 2 saturated heterocycles. The Kier molecular flexibility index (Phi) is 5.61. The smallest absolute Gasteiger partial charge is 0.273 e. The molecule has 23 heavy (non-hydrogen) atoms. The van der Waals surface area contributed by atoms with E-state index >= 15 is 0 Å². The average molecular weight is 337 g/mol. The number of carbonyl (C=O) groups is 2. The maximum absolute atomic E-state index is 12.7. The number of hydrogen-bond acceptors (Lipinski definition) is 5. The van der Waals surface area contributed by atoms with Crippen molar-refractivity contribution in [2.75, 3.05) is 32.8 Å². The van der Waals surface area contributed by atoms with E-state index in [0.717, 1.165) is 38.8 Å². The average Bonchev–Trinajstić information content (AvgIpc) is 3.24. The van der Waals surface area contributed by atoms with Gasteiger partial charge in [-0.1, -0.05) is 0 Å². The fourth-order valence-electron chi connectivity index (χ4n) is 3.28. The van der Waals surface area contributed by atoms with Crippen molar-refractivity contribution in [1.82, 2.24) is 14.8 Å². The van der Waals surface area contributed by atoms with E-state index in [0.29, 0.717) is 31.9 Å². The maximum atomic E-state index is 12.7. The van der Waals surface area contributed by atoms with Crippen LogP contribution in [0.15, 0.2) is 10.9 Å². The van der Waals surface area contributed by atoms with Gasteiger partial charge in [-0.05, 0) is 25.7 Å². The molecule has 1 aromatic rings. The normalized spacial score (nSPS) is 19.3. The van der Waals surface area contributed by atoms with E-state index < -0.39 is 0 Å². The minimum atomic E-state index is 0.00546. The second-order valence-corrected chi connectivity index (χ2v) is 6.77. The van der Waals surface area contributed by atoms with Gasteiger partial charge in [-0.15, -0.1) is 11.3 Å². The molecule has 1 aromatic heterocycles. The molecule has 0 spiro atoms. The van der Waals surface area contributed by atoms with Crippen molar-refractivity contribution in [3.63, 3.8) is 0 Å². The topological polar surface area (TPSA) is 62.7 Å². The summed E-state index contributed by atoms with van der Waals surface area (Å²) in [7, 11) is 0. The summed E-state index contributed by atoms with van der Waals surface area (Å²) in [6, 6.07) is 0.215. The van der Waals surface area contributed by atoms with Crippen molar-refractivity contribution >= 4 is 23.2 Å². The molecule has 3 heterocycles. The van der Waals surface area contributed by atoms with Gasteiger partial charge in [0.15, 0.2) is 0 Å². The molecule has 0 radical (unpaired) electrons. The van der Waals surface area contributed by atoms with Gasteiger partial charge >= 0.3 is 0 Å². The molecule has 2 fully saturated rings. The summed E-state index contributed by atoms with van der Waals surface area (Å²) in [5, 5.41) is 1.80. The van der Waals surface area contributed by atoms with Crippen LogP contribution in [-0.4, -0.2) is 65.5 Å². The van der Waals surface area contributed by atoms with Gasteiger partial charge in [0.2, 0.25) is 5.91 Å². The first-order valence-corrected chi connectivity index (χ1v) is 9.24. The Morgan fingerprint density at radius 1 is 1.43 bits per heavy atom. The Bertz CT molecular complexity index is 529. The maximum Gasteiger partial charge on any atom is 0.273 e. The Morgan fingerprint density at radius 3 is 2.91 bits per heavy atom. The lowest BCUT2D eigenvalue weighted by molar-refractivity contribution is -0.127. The van der Waals surface area contributed by atoms with Gasteiger partial charge in [-0.2, -0.15) is 0 Å². The molecule has 0 unspecified atom stereocenters. The summed E-state index contributed by atoms with van der Waals surface area (Å²) in [5.41, 5.74) is 2.22. The van der Waals surface area contributed by atoms with Gasteiger partial charge in [0.1, 0.15) is 5.69 Å². The third kappa shape index (κ3) is 4.09. The van der Waals surface area contributed by atoms with E-state index in [-0.39, 0.29) is 17.9 Å². The Morgan fingerprint density at radius 2 is 2.26 bits per heavy atom. The number of ether oxygens (including phenoxy) is 1. The van der Waals surface area contributed by atoms with Crippen LogP contribution in [0, 0.1) is 0 Å². The molecule has 0 atom stereocenters. The minimum Gasteiger partial charge on any atom is -0.381 e. The van der Waals surface area contributed by atoms with Gasteiger partial charge in [0.05, 0.1) is 5.51 Å². The van der Waals surface area contributed by atoms with Gasteiger partial charge in [-0.25, -0.2) is 4.98 Å². The molecule has 0 aliphatic carbocycles. The van der Waals surface area contributed by atoms with E-state index in [9.17, 15) is 9.59 Å². The third-order valence-electron chi connectivity index (χ3n) is 4.54. The van der Waals surface area contributed by atoms with Crippen LogP contribution in [0.25, 0.3) is 0 Å². The van der Waals surface area contributed by atoms with Crippen LogP contribution >= 0.6 is 11.3 Å². The lowest BCUT2D eigenvalue weighted by atomic mass is 10.1. The van der Waals surface area contributed by atoms with E-state index in [4.69, 9.17) is 4.74 Å². The van der Waals surface area contributed by atoms with Crippen molar-refractivity contribution in [2.24, 2.45) is 0 Å². The number of carbonyl (C=O) groups excluding carboxylic acids is 2. The van der Waals surface area contributed by atoms with Crippen LogP contribution in [0.1, 0.15) is 42.6 Å². The Hall–Kier alpha value is -1.47. The summed E-state index contributed by atoms with van der Waals surface area (Å²) in [6.45, 7) is 3.68. The van der Waals surface area contributed by atoms with Crippen molar-refractivity contribution in [2.45, 2.75) is 38.1 Å². The Labute approximate surface area is 140 Å². The third-order valence-corrected chi connectivity index (χ3v) is 5.13. The molecule has 0 saturated carbocycles. The lowest BCUT2D eigenvalue weighted by Crippen LogP contribution is -2.44. The molecule has 0 aromatic carbocycles. The van der Waals surface area contributed by atoms with Crippen LogP contribution in [0.3, 0.4) is 0 Å². The van der Waals surface area contributed by atoms with E-state index in [2.05, 4.69) is 4.98 Å². The zero-order chi connectivity index (χ0) is 16.1. The highest BCUT2D eigenvalue weighted by Gasteiger charge is 2.28. The van der Waals surface area contributed by atoms with Crippen molar-refractivity contribution in [1.29, 1.82) is 0 Å². The predicted octanol–water partition coefficient (Wildman–Crippen LogP) is 1.78. The number of thiazole rings is 1. The fourth-order valence-corrected chi connectivity index (χ4v) is 3.81. The zero-order valence-electron chi connectivity index (χ0n) is 13.3. The second kappa shape index (κ2) is 7.88. The highest BCUT2D eigenvalue weighted by Crippen LogP contribution is 2.19. The molecule has 0 bridgehead atoms. The van der Waals surface area contributed by atoms with Crippen LogP contribution in [0.5, 0.6) is 0 Å². The largest absolute Gasteiger partial charge is 0.381 e. The van der Waals surface area contributed by atoms with Gasteiger partial charge in [-0.3, -0.25) is 9.59 Å². The Balaban J connectivity index is 1.60. The molecule has 2 amide bonds. The monoisotopic (exact) mass is 337 g/mol. The highest BCUT2D eigenvalue weighted by molar-refractivity contribution is 7.07. The molecule has 126 valence electrons. The first-order chi connectivity index (χ1) is 11.3. The summed E-state index contributed by atoms with van der Waals surface area (Å²) in [6.07, 6.45) is 4.19. The molecule has 2 aliphatic heterocycles. The second-order valence-electron chi connectivity index (χ2n) is 6.05. The number of aromatic nitrogens is 1. The highest BCUT2D eigenvalue weighted by atomic mass is 32.1. The first kappa shape index (κ1) is 16.4. The van der Waals surface area contributed by atoms with Crippen molar-refractivity contribution < 1.29 is 14.3 Å². The number of rotatable bonds is 6. The number of hydrogen-bond donors (Lipinski definition) is 0. The van der Waals surface area contributed by atoms with Crippen LogP contribution in [0.2, 0.25) is 0 Å². The molecule has 7 heteroatoms. The molecular formula is C16H23N3O3S. The molecule has 3 rings (SSSR count). The quantitative estimate of drug-likeness (QED) is 0.794. The summed E-state index contributed by atoms with van der Waals surface area (Å²) in [5.74, 6) is 0.249. The van der Waals surface area contributed by atoms with Gasteiger partial charge in [0, 0.05) is 50.7 Å². The standard InChI is InChI=1S/C16H23N3O3S/c20-15-3-1-6-18(15)7-2-8-19(13-4-9-22-10-5-13)16(21)14-11-23-12-17-14/h11-13H,1-10H2. The molecule has 2 aliphatic rings. The summed E-state index contributed by atoms with van der Waals surface area (Å²) >= 11 is 1.44. The number of nitrogens with zero attached hydrogens (tertiary/aromatic N) is 3.